The molecule has 0 atom stereocenters. The van der Waals surface area contributed by atoms with Crippen molar-refractivity contribution >= 4 is 11.8 Å². The number of carbonyl (C=O) groups excluding carboxylic acids is 1. The Morgan fingerprint density at radius 3 is 1.85 bits per heavy atom. The summed E-state index contributed by atoms with van der Waals surface area (Å²) in [4.78, 5) is 18.9. The number of quaternary nitrogens is 1. The van der Waals surface area contributed by atoms with Crippen LogP contribution in [0.15, 0.2) is 0 Å². The molecule has 0 saturated carbocycles. The van der Waals surface area contributed by atoms with Gasteiger partial charge in [-0.2, -0.15) is 0 Å². The van der Waals surface area contributed by atoms with E-state index in [4.69, 9.17) is 5.11 Å². The minimum Gasteiger partial charge on any atom is -0.476 e. The van der Waals surface area contributed by atoms with Crippen molar-refractivity contribution in [3.05, 3.63) is 0 Å². The smallest absolute Gasteiger partial charge is 0.371 e. The molecule has 0 aromatic rings. The van der Waals surface area contributed by atoms with E-state index in [9.17, 15) is 9.59 Å². The molecule has 0 amide bonds. The minimum absolute atomic E-state index is 0.824. The van der Waals surface area contributed by atoms with Crippen molar-refractivity contribution in [1.29, 1.82) is 0 Å². The molecule has 1 fully saturated rings. The van der Waals surface area contributed by atoms with Crippen LogP contribution in [0.25, 0.3) is 0 Å². The number of Topliss-reactive ketones (excluding diaryl/α,β-unsaturated/α-hetero) is 1. The fourth-order valence-corrected chi connectivity index (χ4v) is 1.09. The van der Waals surface area contributed by atoms with Crippen LogP contribution in [0.1, 0.15) is 26.7 Å². The second kappa shape index (κ2) is 6.60. The normalized spacial score (nSPS) is 17.1. The van der Waals surface area contributed by atoms with E-state index in [1.54, 1.807) is 0 Å². The summed E-state index contributed by atoms with van der Waals surface area (Å²) in [5.74, 6) is -1.20. The maximum atomic E-state index is 9.54. The van der Waals surface area contributed by atoms with Gasteiger partial charge in [-0.1, -0.05) is 6.92 Å². The van der Waals surface area contributed by atoms with E-state index >= 15 is 0 Å². The van der Waals surface area contributed by atoms with Crippen molar-refractivity contribution in [2.45, 2.75) is 26.7 Å². The number of piperidine rings is 1. The first-order valence-corrected chi connectivity index (χ1v) is 4.59. The van der Waals surface area contributed by atoms with E-state index < -0.39 is 11.8 Å². The maximum Gasteiger partial charge on any atom is 0.371 e. The molecule has 1 aliphatic rings. The van der Waals surface area contributed by atoms with E-state index in [1.807, 2.05) is 0 Å². The van der Waals surface area contributed by atoms with Gasteiger partial charge in [0.2, 0.25) is 5.78 Å². The Kier molecular flexibility index (Phi) is 6.14. The Morgan fingerprint density at radius 1 is 1.31 bits per heavy atom. The first kappa shape index (κ1) is 12.1. The molecule has 4 nitrogen and oxygen atoms in total. The van der Waals surface area contributed by atoms with Crippen LogP contribution in [0.4, 0.5) is 0 Å². The molecule has 1 heterocycles. The number of carbonyl (C=O) groups is 2. The highest BCUT2D eigenvalue weighted by Gasteiger charge is 2.08. The third kappa shape index (κ3) is 7.46. The molecule has 0 unspecified atom stereocenters. The molecule has 0 spiro atoms. The van der Waals surface area contributed by atoms with Crippen LogP contribution < -0.4 is 5.32 Å². The number of hydrogen-bond donors (Lipinski definition) is 2. The molecule has 0 aliphatic carbocycles. The molecule has 0 aromatic heterocycles. The van der Waals surface area contributed by atoms with Crippen LogP contribution in [-0.4, -0.2) is 29.9 Å². The van der Waals surface area contributed by atoms with Crippen molar-refractivity contribution in [2.24, 2.45) is 5.92 Å². The lowest BCUT2D eigenvalue weighted by Crippen LogP contribution is -2.86. The fraction of sp³-hybridized carbons (Fsp3) is 0.778. The predicted molar refractivity (Wildman–Crippen MR) is 48.4 cm³/mol. The molecule has 0 bridgehead atoms. The van der Waals surface area contributed by atoms with E-state index in [2.05, 4.69) is 12.2 Å². The summed E-state index contributed by atoms with van der Waals surface area (Å²) in [6.07, 6.45) is 2.86. The Balaban J connectivity index is 0.000000226. The zero-order valence-corrected chi connectivity index (χ0v) is 8.25. The van der Waals surface area contributed by atoms with Crippen LogP contribution in [0, 0.1) is 5.92 Å². The number of rotatable bonds is 1. The Morgan fingerprint density at radius 2 is 1.69 bits per heavy atom. The van der Waals surface area contributed by atoms with E-state index in [-0.39, 0.29) is 0 Å². The van der Waals surface area contributed by atoms with Crippen molar-refractivity contribution in [3.63, 3.8) is 0 Å². The lowest BCUT2D eigenvalue weighted by Gasteiger charge is -2.14. The lowest BCUT2D eigenvalue weighted by molar-refractivity contribution is -0.664. The SMILES string of the molecule is CC(=O)C(=O)O.CC1CC[NH2+]CC1. The number of carboxylic acid groups (broad SMARTS) is 1. The van der Waals surface area contributed by atoms with Gasteiger partial charge in [-0.15, -0.1) is 0 Å². The molecule has 1 saturated heterocycles. The monoisotopic (exact) mass is 188 g/mol. The van der Waals surface area contributed by atoms with Gasteiger partial charge in [0.05, 0.1) is 13.1 Å². The van der Waals surface area contributed by atoms with Gasteiger partial charge < -0.3 is 10.4 Å². The van der Waals surface area contributed by atoms with Crippen LogP contribution in [0.2, 0.25) is 0 Å². The molecular formula is C9H18NO3+. The largest absolute Gasteiger partial charge is 0.476 e. The average Bonchev–Trinajstić information content (AvgIpc) is 2.06. The van der Waals surface area contributed by atoms with Gasteiger partial charge in [-0.05, 0) is 18.8 Å². The van der Waals surface area contributed by atoms with Crippen LogP contribution in [0.3, 0.4) is 0 Å². The number of nitrogens with two attached hydrogens (primary N) is 1. The molecule has 1 aliphatic heterocycles. The summed E-state index contributed by atoms with van der Waals surface area (Å²) in [6.45, 7) is 6.07. The first-order chi connectivity index (χ1) is 6.04. The van der Waals surface area contributed by atoms with E-state index in [0.717, 1.165) is 12.8 Å². The standard InChI is InChI=1S/C6H13N.C3H4O3/c1-6-2-4-7-5-3-6;1-2(4)3(5)6/h6-7H,2-5H2,1H3;1H3,(H,5,6)/p+1. The maximum absolute atomic E-state index is 9.54. The fourth-order valence-electron chi connectivity index (χ4n) is 1.09. The van der Waals surface area contributed by atoms with Crippen molar-refractivity contribution in [1.82, 2.24) is 0 Å². The number of carboxylic acids is 1. The summed E-state index contributed by atoms with van der Waals surface area (Å²) in [7, 11) is 0. The van der Waals surface area contributed by atoms with Crippen molar-refractivity contribution in [3.8, 4) is 0 Å². The summed E-state index contributed by atoms with van der Waals surface area (Å²) in [5.41, 5.74) is 0. The third-order valence-electron chi connectivity index (χ3n) is 2.03. The molecular weight excluding hydrogens is 170 g/mol. The topological polar surface area (TPSA) is 71.0 Å². The molecule has 0 radical (unpaired) electrons. The molecule has 3 N–H and O–H groups in total. The van der Waals surface area contributed by atoms with Crippen molar-refractivity contribution < 1.29 is 20.0 Å². The summed E-state index contributed by atoms with van der Waals surface area (Å²) >= 11 is 0. The summed E-state index contributed by atoms with van der Waals surface area (Å²) in [5, 5.41) is 10.0. The predicted octanol–water partition coefficient (Wildman–Crippen LogP) is -0.360. The highest BCUT2D eigenvalue weighted by Crippen LogP contribution is 2.04. The number of ketones is 1. The Hall–Kier alpha value is -0.900. The quantitative estimate of drug-likeness (QED) is 0.552. The zero-order chi connectivity index (χ0) is 10.3. The summed E-state index contributed by atoms with van der Waals surface area (Å²) < 4.78 is 0. The van der Waals surface area contributed by atoms with Crippen LogP contribution in [0.5, 0.6) is 0 Å². The van der Waals surface area contributed by atoms with E-state index in [1.165, 1.54) is 25.9 Å². The zero-order valence-electron chi connectivity index (χ0n) is 8.25. The van der Waals surface area contributed by atoms with Gasteiger partial charge in [0, 0.05) is 6.92 Å². The van der Waals surface area contributed by atoms with Crippen LogP contribution in [-0.2, 0) is 9.59 Å². The lowest BCUT2D eigenvalue weighted by atomic mass is 10.0. The van der Waals surface area contributed by atoms with Gasteiger partial charge in [0.25, 0.3) is 0 Å². The Labute approximate surface area is 78.3 Å². The second-order valence-corrected chi connectivity index (χ2v) is 3.41. The highest BCUT2D eigenvalue weighted by atomic mass is 16.4. The summed E-state index contributed by atoms with van der Waals surface area (Å²) in [6, 6.07) is 0. The van der Waals surface area contributed by atoms with Gasteiger partial charge in [0.15, 0.2) is 0 Å². The average molecular weight is 188 g/mol. The first-order valence-electron chi connectivity index (χ1n) is 4.59. The molecule has 13 heavy (non-hydrogen) atoms. The van der Waals surface area contributed by atoms with Gasteiger partial charge in [-0.3, -0.25) is 4.79 Å². The second-order valence-electron chi connectivity index (χ2n) is 3.41. The van der Waals surface area contributed by atoms with Crippen LogP contribution >= 0.6 is 0 Å². The van der Waals surface area contributed by atoms with Gasteiger partial charge in [0.1, 0.15) is 0 Å². The molecule has 1 rings (SSSR count). The molecule has 0 aromatic carbocycles. The van der Waals surface area contributed by atoms with Crippen molar-refractivity contribution in [2.75, 3.05) is 13.1 Å². The molecule has 4 heteroatoms. The minimum atomic E-state index is -1.38. The number of hydrogen-bond acceptors (Lipinski definition) is 2. The third-order valence-corrected chi connectivity index (χ3v) is 2.03. The van der Waals surface area contributed by atoms with E-state index in [0.29, 0.717) is 0 Å². The van der Waals surface area contributed by atoms with Gasteiger partial charge in [-0.25, -0.2) is 4.79 Å². The Bertz CT molecular complexity index is 162. The molecule has 76 valence electrons. The highest BCUT2D eigenvalue weighted by molar-refractivity contribution is 6.31. The van der Waals surface area contributed by atoms with Gasteiger partial charge >= 0.3 is 5.97 Å². The number of aliphatic carboxylic acids is 1.